The van der Waals surface area contributed by atoms with Crippen LogP contribution in [0.4, 0.5) is 4.39 Å². The van der Waals surface area contributed by atoms with Gasteiger partial charge in [0.25, 0.3) is 0 Å². The number of halogens is 1. The molecule has 0 aliphatic heterocycles. The number of aryl methyl sites for hydroxylation is 2. The van der Waals surface area contributed by atoms with Crippen molar-refractivity contribution in [1.29, 1.82) is 0 Å². The fourth-order valence-electron chi connectivity index (χ4n) is 3.12. The standard InChI is InChI=1S/C21H22FNO3/c1-13-5-7-17-16(10-20(24)26-21(17)14(13)2)12-23(3)11-15-6-8-19(25-4)18(22)9-15/h5-10H,11-12H2,1-4H3. The van der Waals surface area contributed by atoms with Gasteiger partial charge in [0.1, 0.15) is 5.58 Å². The summed E-state index contributed by atoms with van der Waals surface area (Å²) in [5.41, 5.74) is 4.07. The van der Waals surface area contributed by atoms with Gasteiger partial charge in [-0.25, -0.2) is 9.18 Å². The van der Waals surface area contributed by atoms with Gasteiger partial charge in [-0.05, 0) is 55.3 Å². The second kappa shape index (κ2) is 7.30. The van der Waals surface area contributed by atoms with Gasteiger partial charge in [0.05, 0.1) is 7.11 Å². The zero-order valence-electron chi connectivity index (χ0n) is 15.4. The zero-order valence-corrected chi connectivity index (χ0v) is 15.4. The lowest BCUT2D eigenvalue weighted by molar-refractivity contribution is 0.318. The molecule has 0 unspecified atom stereocenters. The van der Waals surface area contributed by atoms with E-state index in [1.807, 2.05) is 44.0 Å². The summed E-state index contributed by atoms with van der Waals surface area (Å²) in [4.78, 5) is 14.0. The number of ether oxygens (including phenoxy) is 1. The number of methoxy groups -OCH3 is 1. The van der Waals surface area contributed by atoms with Crippen molar-refractivity contribution in [3.63, 3.8) is 0 Å². The highest BCUT2D eigenvalue weighted by atomic mass is 19.1. The highest BCUT2D eigenvalue weighted by Gasteiger charge is 2.12. The molecule has 5 heteroatoms. The minimum absolute atomic E-state index is 0.230. The van der Waals surface area contributed by atoms with Gasteiger partial charge in [-0.1, -0.05) is 18.2 Å². The Morgan fingerprint density at radius 3 is 2.58 bits per heavy atom. The van der Waals surface area contributed by atoms with Crippen LogP contribution in [0.1, 0.15) is 22.3 Å². The van der Waals surface area contributed by atoms with Crippen LogP contribution in [0.25, 0.3) is 11.0 Å². The second-order valence-corrected chi connectivity index (χ2v) is 6.62. The molecule has 3 aromatic rings. The van der Waals surface area contributed by atoms with Crippen molar-refractivity contribution in [1.82, 2.24) is 4.90 Å². The third-order valence-electron chi connectivity index (χ3n) is 4.63. The highest BCUT2D eigenvalue weighted by Crippen LogP contribution is 2.24. The molecule has 0 amide bonds. The molecular weight excluding hydrogens is 333 g/mol. The Balaban J connectivity index is 1.87. The lowest BCUT2D eigenvalue weighted by Gasteiger charge is -2.18. The largest absolute Gasteiger partial charge is 0.494 e. The van der Waals surface area contributed by atoms with E-state index in [1.54, 1.807) is 6.07 Å². The maximum atomic E-state index is 13.9. The van der Waals surface area contributed by atoms with Crippen molar-refractivity contribution >= 4 is 11.0 Å². The summed E-state index contributed by atoms with van der Waals surface area (Å²) >= 11 is 0. The molecular formula is C21H22FNO3. The molecule has 0 fully saturated rings. The molecule has 26 heavy (non-hydrogen) atoms. The normalized spacial score (nSPS) is 11.3. The molecule has 2 aromatic carbocycles. The Labute approximate surface area is 151 Å². The van der Waals surface area contributed by atoms with Crippen molar-refractivity contribution in [2.45, 2.75) is 26.9 Å². The quantitative estimate of drug-likeness (QED) is 0.644. The average Bonchev–Trinajstić information content (AvgIpc) is 2.58. The smallest absolute Gasteiger partial charge is 0.336 e. The first-order valence-electron chi connectivity index (χ1n) is 8.43. The SMILES string of the molecule is COc1ccc(CN(C)Cc2cc(=O)oc3c(C)c(C)ccc23)cc1F. The zero-order chi connectivity index (χ0) is 18.8. The van der Waals surface area contributed by atoms with Crippen molar-refractivity contribution < 1.29 is 13.5 Å². The van der Waals surface area contributed by atoms with Crippen molar-refractivity contribution in [2.24, 2.45) is 0 Å². The van der Waals surface area contributed by atoms with Gasteiger partial charge >= 0.3 is 5.63 Å². The second-order valence-electron chi connectivity index (χ2n) is 6.62. The van der Waals surface area contributed by atoms with Crippen molar-refractivity contribution in [2.75, 3.05) is 14.2 Å². The molecule has 0 bridgehead atoms. The third-order valence-corrected chi connectivity index (χ3v) is 4.63. The van der Waals surface area contributed by atoms with E-state index in [4.69, 9.17) is 9.15 Å². The summed E-state index contributed by atoms with van der Waals surface area (Å²) in [6.45, 7) is 5.05. The molecule has 3 rings (SSSR count). The predicted octanol–water partition coefficient (Wildman–Crippen LogP) is 4.19. The highest BCUT2D eigenvalue weighted by molar-refractivity contribution is 5.83. The molecule has 0 aliphatic rings. The molecule has 136 valence electrons. The van der Waals surface area contributed by atoms with Gasteiger partial charge in [-0.2, -0.15) is 0 Å². The topological polar surface area (TPSA) is 42.7 Å². The Kier molecular flexibility index (Phi) is 5.09. The fraction of sp³-hybridized carbons (Fsp3) is 0.286. The molecule has 0 spiro atoms. The molecule has 0 N–H and O–H groups in total. The Hall–Kier alpha value is -2.66. The summed E-state index contributed by atoms with van der Waals surface area (Å²) in [5, 5.41) is 0.931. The maximum Gasteiger partial charge on any atom is 0.336 e. The van der Waals surface area contributed by atoms with Crippen LogP contribution >= 0.6 is 0 Å². The van der Waals surface area contributed by atoms with E-state index in [0.717, 1.165) is 27.6 Å². The molecule has 0 aliphatic carbocycles. The molecule has 0 radical (unpaired) electrons. The van der Waals surface area contributed by atoms with Crippen LogP contribution in [0.3, 0.4) is 0 Å². The van der Waals surface area contributed by atoms with Crippen LogP contribution in [0, 0.1) is 19.7 Å². The number of benzene rings is 2. The number of hydrogen-bond acceptors (Lipinski definition) is 4. The first kappa shape index (κ1) is 18.1. The van der Waals surface area contributed by atoms with E-state index >= 15 is 0 Å². The van der Waals surface area contributed by atoms with Crippen LogP contribution in [0.5, 0.6) is 5.75 Å². The van der Waals surface area contributed by atoms with Gasteiger partial charge in [-0.3, -0.25) is 4.90 Å². The third kappa shape index (κ3) is 3.63. The van der Waals surface area contributed by atoms with E-state index in [9.17, 15) is 9.18 Å². The minimum atomic E-state index is -0.379. The molecule has 0 saturated carbocycles. The molecule has 0 atom stereocenters. The van der Waals surface area contributed by atoms with Crippen molar-refractivity contribution in [3.05, 3.63) is 74.9 Å². The molecule has 1 heterocycles. The van der Waals surface area contributed by atoms with Crippen LogP contribution in [-0.2, 0) is 13.1 Å². The van der Waals surface area contributed by atoms with Gasteiger partial charge in [0, 0.05) is 24.5 Å². The summed E-state index contributed by atoms with van der Waals surface area (Å²) in [7, 11) is 3.38. The van der Waals surface area contributed by atoms with Crippen LogP contribution < -0.4 is 10.4 Å². The molecule has 0 saturated heterocycles. The van der Waals surface area contributed by atoms with Crippen LogP contribution in [0.2, 0.25) is 0 Å². The molecule has 4 nitrogen and oxygen atoms in total. The van der Waals surface area contributed by atoms with Gasteiger partial charge in [0.15, 0.2) is 11.6 Å². The number of nitrogens with zero attached hydrogens (tertiary/aromatic N) is 1. The summed E-state index contributed by atoms with van der Waals surface area (Å²) in [6, 6.07) is 10.5. The molecule has 1 aromatic heterocycles. The monoisotopic (exact) mass is 355 g/mol. The number of hydrogen-bond donors (Lipinski definition) is 0. The predicted molar refractivity (Wildman–Crippen MR) is 100 cm³/mol. The van der Waals surface area contributed by atoms with Crippen molar-refractivity contribution in [3.8, 4) is 5.75 Å². The van der Waals surface area contributed by atoms with Gasteiger partial charge in [0.2, 0.25) is 0 Å². The lowest BCUT2D eigenvalue weighted by Crippen LogP contribution is -2.18. The number of rotatable bonds is 5. The Bertz CT molecular complexity index is 1010. The summed E-state index contributed by atoms with van der Waals surface area (Å²) in [6.07, 6.45) is 0. The lowest BCUT2D eigenvalue weighted by atomic mass is 10.0. The minimum Gasteiger partial charge on any atom is -0.494 e. The Morgan fingerprint density at radius 2 is 1.88 bits per heavy atom. The summed E-state index contributed by atoms with van der Waals surface area (Å²) < 4.78 is 24.2. The Morgan fingerprint density at radius 1 is 1.12 bits per heavy atom. The van der Waals surface area contributed by atoms with Crippen LogP contribution in [-0.4, -0.2) is 19.1 Å². The average molecular weight is 355 g/mol. The van der Waals surface area contributed by atoms with E-state index in [0.29, 0.717) is 18.7 Å². The fourth-order valence-corrected chi connectivity index (χ4v) is 3.12. The van der Waals surface area contributed by atoms with Gasteiger partial charge in [-0.15, -0.1) is 0 Å². The van der Waals surface area contributed by atoms with Gasteiger partial charge < -0.3 is 9.15 Å². The van der Waals surface area contributed by atoms with E-state index in [1.165, 1.54) is 19.2 Å². The van der Waals surface area contributed by atoms with E-state index < -0.39 is 0 Å². The number of fused-ring (bicyclic) bond motifs is 1. The van der Waals surface area contributed by atoms with E-state index in [2.05, 4.69) is 0 Å². The van der Waals surface area contributed by atoms with E-state index in [-0.39, 0.29) is 17.2 Å². The van der Waals surface area contributed by atoms with Crippen LogP contribution in [0.15, 0.2) is 45.6 Å². The summed E-state index contributed by atoms with van der Waals surface area (Å²) in [5.74, 6) is -0.149. The maximum absolute atomic E-state index is 13.9. The first-order valence-corrected chi connectivity index (χ1v) is 8.43. The first-order chi connectivity index (χ1) is 12.4.